The van der Waals surface area contributed by atoms with Crippen LogP contribution in [-0.4, -0.2) is 15.8 Å². The average Bonchev–Trinajstić information content (AvgIpc) is 2.67. The molecule has 0 saturated heterocycles. The maximum atomic E-state index is 12.5. The monoisotopic (exact) mass is 361 g/mol. The van der Waals surface area contributed by atoms with Crippen molar-refractivity contribution in [3.63, 3.8) is 0 Å². The van der Waals surface area contributed by atoms with E-state index in [-0.39, 0.29) is 17.4 Å². The third-order valence-electron chi connectivity index (χ3n) is 3.39. The maximum absolute atomic E-state index is 12.5. The third-order valence-corrected chi connectivity index (χ3v) is 3.64. The molecule has 3 rings (SSSR count). The average molecular weight is 362 g/mol. The molecule has 0 fully saturated rings. The molecule has 126 valence electrons. The Morgan fingerprint density at radius 1 is 1.08 bits per heavy atom. The molecule has 5 nitrogen and oxygen atoms in total. The number of hydrogen-bond acceptors (Lipinski definition) is 5. The van der Waals surface area contributed by atoms with Gasteiger partial charge in [0.05, 0.1) is 0 Å². The predicted octanol–water partition coefficient (Wildman–Crippen LogP) is 4.71. The van der Waals surface area contributed by atoms with Gasteiger partial charge in [-0.25, -0.2) is 9.97 Å². The number of nitriles is 1. The smallest absolute Gasteiger partial charge is 0.321 e. The van der Waals surface area contributed by atoms with E-state index < -0.39 is 0 Å². The molecule has 2 aromatic carbocycles. The largest absolute Gasteiger partial charge is 0.424 e. The van der Waals surface area contributed by atoms with Crippen molar-refractivity contribution in [1.82, 2.24) is 9.97 Å². The SMILES string of the molecule is N#C/C(=C/c1cccc(Oc2ncccn2)c1)C(=O)c1ccc(Cl)cc1. The highest BCUT2D eigenvalue weighted by Crippen LogP contribution is 2.21. The Hall–Kier alpha value is -3.49. The summed E-state index contributed by atoms with van der Waals surface area (Å²) in [5.41, 5.74) is 1.06. The van der Waals surface area contributed by atoms with E-state index in [4.69, 9.17) is 16.3 Å². The van der Waals surface area contributed by atoms with Crippen LogP contribution in [0.2, 0.25) is 5.02 Å². The van der Waals surface area contributed by atoms with E-state index >= 15 is 0 Å². The van der Waals surface area contributed by atoms with E-state index in [0.29, 0.717) is 21.9 Å². The zero-order valence-corrected chi connectivity index (χ0v) is 14.2. The molecule has 0 aliphatic rings. The predicted molar refractivity (Wildman–Crippen MR) is 97.9 cm³/mol. The van der Waals surface area contributed by atoms with Crippen molar-refractivity contribution in [3.05, 3.63) is 88.7 Å². The van der Waals surface area contributed by atoms with Gasteiger partial charge in [-0.1, -0.05) is 23.7 Å². The van der Waals surface area contributed by atoms with E-state index in [1.807, 2.05) is 6.07 Å². The summed E-state index contributed by atoms with van der Waals surface area (Å²) in [7, 11) is 0. The number of ketones is 1. The Kier molecular flexibility index (Phi) is 5.37. The minimum Gasteiger partial charge on any atom is -0.424 e. The van der Waals surface area contributed by atoms with Crippen molar-refractivity contribution < 1.29 is 9.53 Å². The van der Waals surface area contributed by atoms with Gasteiger partial charge >= 0.3 is 6.01 Å². The number of ether oxygens (including phenoxy) is 1. The Morgan fingerprint density at radius 2 is 1.81 bits per heavy atom. The van der Waals surface area contributed by atoms with Crippen molar-refractivity contribution >= 4 is 23.5 Å². The van der Waals surface area contributed by atoms with Gasteiger partial charge in [-0.05, 0) is 54.1 Å². The molecule has 1 heterocycles. The summed E-state index contributed by atoms with van der Waals surface area (Å²) >= 11 is 5.83. The number of allylic oxidation sites excluding steroid dienone is 1. The van der Waals surface area contributed by atoms with Crippen LogP contribution >= 0.6 is 11.6 Å². The fourth-order valence-corrected chi connectivity index (χ4v) is 2.31. The standard InChI is InChI=1S/C20H12ClN3O2/c21-17-7-5-15(6-8-17)19(25)16(13-22)11-14-3-1-4-18(12-14)26-20-23-9-2-10-24-20/h1-12H/b16-11-. The fourth-order valence-electron chi connectivity index (χ4n) is 2.18. The van der Waals surface area contributed by atoms with Crippen molar-refractivity contribution in [3.8, 4) is 17.8 Å². The van der Waals surface area contributed by atoms with Gasteiger partial charge in [-0.3, -0.25) is 4.79 Å². The van der Waals surface area contributed by atoms with E-state index in [9.17, 15) is 10.1 Å². The highest BCUT2D eigenvalue weighted by molar-refractivity contribution is 6.30. The number of nitrogens with zero attached hydrogens (tertiary/aromatic N) is 3. The number of carbonyl (C=O) groups is 1. The van der Waals surface area contributed by atoms with E-state index in [1.165, 1.54) is 6.08 Å². The molecule has 0 aliphatic carbocycles. The lowest BCUT2D eigenvalue weighted by molar-refractivity contribution is 0.104. The van der Waals surface area contributed by atoms with Crippen molar-refractivity contribution in [1.29, 1.82) is 5.26 Å². The Labute approximate surface area is 155 Å². The lowest BCUT2D eigenvalue weighted by Gasteiger charge is -2.04. The molecule has 0 radical (unpaired) electrons. The summed E-state index contributed by atoms with van der Waals surface area (Å²) in [4.78, 5) is 20.5. The number of Topliss-reactive ketones (excluding diaryl/α,β-unsaturated/α-hetero) is 1. The highest BCUT2D eigenvalue weighted by Gasteiger charge is 2.12. The number of benzene rings is 2. The number of hydrogen-bond donors (Lipinski definition) is 0. The first-order valence-electron chi connectivity index (χ1n) is 7.63. The second kappa shape index (κ2) is 8.06. The van der Waals surface area contributed by atoms with Crippen LogP contribution < -0.4 is 4.74 Å². The Morgan fingerprint density at radius 3 is 2.50 bits per heavy atom. The van der Waals surface area contributed by atoms with Crippen LogP contribution in [0, 0.1) is 11.3 Å². The number of halogens is 1. The van der Waals surface area contributed by atoms with Crippen LogP contribution in [0.15, 0.2) is 72.6 Å². The van der Waals surface area contributed by atoms with Gasteiger partial charge in [-0.15, -0.1) is 0 Å². The zero-order chi connectivity index (χ0) is 18.4. The second-order valence-corrected chi connectivity index (χ2v) is 5.65. The fraction of sp³-hybridized carbons (Fsp3) is 0. The summed E-state index contributed by atoms with van der Waals surface area (Å²) in [5, 5.41) is 9.89. The minimum atomic E-state index is -0.373. The Bertz CT molecular complexity index is 994. The van der Waals surface area contributed by atoms with E-state index in [0.717, 1.165) is 0 Å². The molecular weight excluding hydrogens is 350 g/mol. The molecule has 3 aromatic rings. The normalized spacial score (nSPS) is 10.8. The number of rotatable bonds is 5. The van der Waals surface area contributed by atoms with Crippen LogP contribution in [0.3, 0.4) is 0 Å². The molecule has 26 heavy (non-hydrogen) atoms. The van der Waals surface area contributed by atoms with Gasteiger partial charge in [0.2, 0.25) is 5.78 Å². The summed E-state index contributed by atoms with van der Waals surface area (Å²) < 4.78 is 5.56. The first kappa shape index (κ1) is 17.3. The number of aromatic nitrogens is 2. The zero-order valence-electron chi connectivity index (χ0n) is 13.5. The van der Waals surface area contributed by atoms with Crippen LogP contribution in [0.25, 0.3) is 6.08 Å². The quantitative estimate of drug-likeness (QED) is 0.373. The van der Waals surface area contributed by atoms with Gasteiger partial charge in [0.25, 0.3) is 0 Å². The van der Waals surface area contributed by atoms with Gasteiger partial charge in [0.15, 0.2) is 0 Å². The van der Waals surface area contributed by atoms with Crippen LogP contribution in [0.1, 0.15) is 15.9 Å². The molecule has 0 N–H and O–H groups in total. The minimum absolute atomic E-state index is 0.0143. The first-order chi connectivity index (χ1) is 12.7. The van der Waals surface area contributed by atoms with E-state index in [2.05, 4.69) is 9.97 Å². The van der Waals surface area contributed by atoms with Crippen molar-refractivity contribution in [2.45, 2.75) is 0 Å². The number of carbonyl (C=O) groups excluding carboxylic acids is 1. The van der Waals surface area contributed by atoms with Crippen LogP contribution in [-0.2, 0) is 0 Å². The summed E-state index contributed by atoms with van der Waals surface area (Å²) in [6.45, 7) is 0. The molecule has 6 heteroatoms. The Balaban J connectivity index is 1.85. The molecule has 0 bridgehead atoms. The summed E-state index contributed by atoms with van der Waals surface area (Å²) in [6, 6.07) is 17.2. The maximum Gasteiger partial charge on any atom is 0.321 e. The molecule has 0 atom stereocenters. The van der Waals surface area contributed by atoms with Gasteiger partial charge < -0.3 is 4.74 Å². The van der Waals surface area contributed by atoms with Gasteiger partial charge in [0, 0.05) is 23.0 Å². The lowest BCUT2D eigenvalue weighted by Crippen LogP contribution is -2.01. The summed E-state index contributed by atoms with van der Waals surface area (Å²) in [6.07, 6.45) is 4.66. The molecule has 0 unspecified atom stereocenters. The van der Waals surface area contributed by atoms with E-state index in [1.54, 1.807) is 67.0 Å². The topological polar surface area (TPSA) is 75.9 Å². The molecule has 0 amide bonds. The molecule has 1 aromatic heterocycles. The second-order valence-electron chi connectivity index (χ2n) is 5.21. The molecular formula is C20H12ClN3O2. The van der Waals surface area contributed by atoms with Crippen molar-refractivity contribution in [2.75, 3.05) is 0 Å². The van der Waals surface area contributed by atoms with Gasteiger partial charge in [0.1, 0.15) is 17.4 Å². The lowest BCUT2D eigenvalue weighted by atomic mass is 10.0. The highest BCUT2D eigenvalue weighted by atomic mass is 35.5. The van der Waals surface area contributed by atoms with Crippen molar-refractivity contribution in [2.24, 2.45) is 0 Å². The van der Waals surface area contributed by atoms with Crippen LogP contribution in [0.4, 0.5) is 0 Å². The van der Waals surface area contributed by atoms with Crippen LogP contribution in [0.5, 0.6) is 11.8 Å². The van der Waals surface area contributed by atoms with Gasteiger partial charge in [-0.2, -0.15) is 5.26 Å². The summed E-state index contributed by atoms with van der Waals surface area (Å²) in [5.74, 6) is 0.128. The first-order valence-corrected chi connectivity index (χ1v) is 8.00. The molecule has 0 aliphatic heterocycles. The third kappa shape index (κ3) is 4.32. The molecule has 0 spiro atoms. The molecule has 0 saturated carbocycles.